The predicted molar refractivity (Wildman–Crippen MR) is 95.4 cm³/mol. The van der Waals surface area contributed by atoms with Crippen molar-refractivity contribution in [3.63, 3.8) is 0 Å². The third-order valence-electron chi connectivity index (χ3n) is 4.50. The van der Waals surface area contributed by atoms with Gasteiger partial charge in [0.15, 0.2) is 0 Å². The first kappa shape index (κ1) is 17.8. The summed E-state index contributed by atoms with van der Waals surface area (Å²) in [6, 6.07) is 8.75. The monoisotopic (exact) mass is 362 g/mol. The van der Waals surface area contributed by atoms with Gasteiger partial charge in [0.25, 0.3) is 0 Å². The Hall–Kier alpha value is -1.99. The van der Waals surface area contributed by atoms with Crippen molar-refractivity contribution in [1.82, 2.24) is 4.90 Å². The normalized spacial score (nSPS) is 28.2. The van der Waals surface area contributed by atoms with Crippen LogP contribution < -0.4 is 5.73 Å². The van der Waals surface area contributed by atoms with Gasteiger partial charge in [-0.05, 0) is 19.4 Å². The Bertz CT molecular complexity index is 704. The molecule has 0 radical (unpaired) electrons. The molecule has 0 aromatic heterocycles. The van der Waals surface area contributed by atoms with E-state index in [1.165, 1.54) is 13.2 Å². The van der Waals surface area contributed by atoms with Crippen molar-refractivity contribution >= 4 is 23.7 Å². The van der Waals surface area contributed by atoms with Crippen LogP contribution in [0.4, 0.5) is 0 Å². The molecule has 0 amide bonds. The van der Waals surface area contributed by atoms with Gasteiger partial charge < -0.3 is 20.1 Å². The molecular formula is C18H22N2O4S. The highest BCUT2D eigenvalue weighted by molar-refractivity contribution is 8.01. The number of nitrogens with zero attached hydrogens (tertiary/aromatic N) is 1. The van der Waals surface area contributed by atoms with Crippen LogP contribution in [0, 0.1) is 0 Å². The minimum atomic E-state index is -0.498. The largest absolute Gasteiger partial charge is 0.466 e. The average molecular weight is 362 g/mol. The fourth-order valence-corrected chi connectivity index (χ4v) is 4.85. The molecule has 2 heterocycles. The minimum absolute atomic E-state index is 0.0415. The van der Waals surface area contributed by atoms with E-state index in [1.807, 2.05) is 49.1 Å². The lowest BCUT2D eigenvalue weighted by Gasteiger charge is -2.47. The zero-order valence-corrected chi connectivity index (χ0v) is 15.3. The smallest absolute Gasteiger partial charge is 0.332 e. The van der Waals surface area contributed by atoms with Crippen LogP contribution >= 0.6 is 11.8 Å². The molecule has 0 unspecified atom stereocenters. The fraction of sp³-hybridized carbons (Fsp3) is 0.444. The Labute approximate surface area is 151 Å². The molecule has 2 aliphatic heterocycles. The van der Waals surface area contributed by atoms with Gasteiger partial charge in [-0.2, -0.15) is 0 Å². The molecule has 2 aliphatic rings. The highest BCUT2D eigenvalue weighted by Crippen LogP contribution is 2.54. The number of nitrogens with two attached hydrogens (primary N) is 1. The van der Waals surface area contributed by atoms with Crippen molar-refractivity contribution in [2.75, 3.05) is 7.11 Å². The van der Waals surface area contributed by atoms with E-state index in [-0.39, 0.29) is 28.7 Å². The van der Waals surface area contributed by atoms with Crippen molar-refractivity contribution in [2.45, 2.75) is 42.7 Å². The second-order valence-electron chi connectivity index (χ2n) is 6.63. The summed E-state index contributed by atoms with van der Waals surface area (Å²) in [4.78, 5) is 26.3. The molecular weight excluding hydrogens is 340 g/mol. The number of rotatable bonds is 4. The number of hydrogen-bond acceptors (Lipinski definition) is 7. The van der Waals surface area contributed by atoms with E-state index < -0.39 is 12.0 Å². The Morgan fingerprint density at radius 1 is 1.32 bits per heavy atom. The lowest BCUT2D eigenvalue weighted by Crippen LogP contribution is -2.62. The van der Waals surface area contributed by atoms with Gasteiger partial charge in [0, 0.05) is 16.5 Å². The topological polar surface area (TPSA) is 81.9 Å². The summed E-state index contributed by atoms with van der Waals surface area (Å²) in [5.41, 5.74) is 7.72. The number of carbonyl (C=O) groups excluding carboxylic acids is 2. The van der Waals surface area contributed by atoms with E-state index in [0.29, 0.717) is 5.70 Å². The molecule has 3 rings (SSSR count). The number of methoxy groups -OCH3 is 1. The molecule has 3 atom stereocenters. The summed E-state index contributed by atoms with van der Waals surface area (Å²) in [6.45, 7) is 4.21. The summed E-state index contributed by atoms with van der Waals surface area (Å²) in [5.74, 6) is -0.790. The maximum Gasteiger partial charge on any atom is 0.332 e. The third kappa shape index (κ3) is 3.26. The number of ether oxygens (including phenoxy) is 2. The van der Waals surface area contributed by atoms with E-state index >= 15 is 0 Å². The van der Waals surface area contributed by atoms with E-state index in [0.717, 1.165) is 5.56 Å². The molecule has 2 N–H and O–H groups in total. The summed E-state index contributed by atoms with van der Waals surface area (Å²) in [6.07, 6.45) is 1.36. The van der Waals surface area contributed by atoms with E-state index in [1.54, 1.807) is 11.8 Å². The van der Waals surface area contributed by atoms with Crippen LogP contribution in [0.2, 0.25) is 0 Å². The van der Waals surface area contributed by atoms with Gasteiger partial charge in [-0.15, -0.1) is 11.8 Å². The maximum absolute atomic E-state index is 12.8. The Morgan fingerprint density at radius 2 is 2.00 bits per heavy atom. The van der Waals surface area contributed by atoms with Crippen molar-refractivity contribution in [3.8, 4) is 0 Å². The van der Waals surface area contributed by atoms with E-state index in [2.05, 4.69) is 4.74 Å². The molecule has 1 aromatic carbocycles. The third-order valence-corrected chi connectivity index (χ3v) is 6.09. The summed E-state index contributed by atoms with van der Waals surface area (Å²) in [7, 11) is 1.31. The number of hydrogen-bond donors (Lipinski definition) is 1. The number of esters is 2. The van der Waals surface area contributed by atoms with Gasteiger partial charge in [-0.1, -0.05) is 30.3 Å². The Morgan fingerprint density at radius 3 is 2.64 bits per heavy atom. The number of thioether (sulfide) groups is 1. The highest BCUT2D eigenvalue weighted by atomic mass is 32.2. The van der Waals surface area contributed by atoms with Gasteiger partial charge in [0.1, 0.15) is 12.6 Å². The molecule has 134 valence electrons. The quantitative estimate of drug-likeness (QED) is 0.644. The summed E-state index contributed by atoms with van der Waals surface area (Å²) in [5, 5.41) is -0.0415. The minimum Gasteiger partial charge on any atom is -0.466 e. The maximum atomic E-state index is 12.8. The van der Waals surface area contributed by atoms with Crippen LogP contribution in [0.5, 0.6) is 0 Å². The second kappa shape index (κ2) is 6.72. The van der Waals surface area contributed by atoms with Gasteiger partial charge in [0.2, 0.25) is 0 Å². The van der Waals surface area contributed by atoms with Crippen LogP contribution in [0.1, 0.15) is 19.4 Å². The first-order chi connectivity index (χ1) is 11.8. The van der Waals surface area contributed by atoms with Gasteiger partial charge >= 0.3 is 11.9 Å². The van der Waals surface area contributed by atoms with Crippen molar-refractivity contribution in [2.24, 2.45) is 5.73 Å². The molecule has 0 bridgehead atoms. The SMILES string of the molecule is COC(=O)/C=C1/[C@@H](N)[C@H]2SC(C)(C)[C@H](C(=O)OCc3ccccc3)N12. The molecule has 25 heavy (non-hydrogen) atoms. The summed E-state index contributed by atoms with van der Waals surface area (Å²) < 4.78 is 9.85. The number of benzene rings is 1. The number of carbonyl (C=O) groups is 2. The van der Waals surface area contributed by atoms with Crippen LogP contribution in [-0.2, 0) is 25.7 Å². The van der Waals surface area contributed by atoms with E-state index in [9.17, 15) is 9.59 Å². The molecule has 7 heteroatoms. The zero-order chi connectivity index (χ0) is 18.2. The lowest BCUT2D eigenvalue weighted by atomic mass is 9.93. The predicted octanol–water partition coefficient (Wildman–Crippen LogP) is 1.65. The Balaban J connectivity index is 1.77. The highest BCUT2D eigenvalue weighted by Gasteiger charge is 2.60. The van der Waals surface area contributed by atoms with Gasteiger partial charge in [-0.25, -0.2) is 9.59 Å². The van der Waals surface area contributed by atoms with Gasteiger partial charge in [0.05, 0.1) is 18.5 Å². The van der Waals surface area contributed by atoms with Crippen LogP contribution in [0.25, 0.3) is 0 Å². The number of fused-ring (bicyclic) bond motifs is 1. The average Bonchev–Trinajstić information content (AvgIpc) is 2.86. The van der Waals surface area contributed by atoms with E-state index in [4.69, 9.17) is 10.5 Å². The molecule has 0 spiro atoms. The molecule has 2 saturated heterocycles. The lowest BCUT2D eigenvalue weighted by molar-refractivity contribution is -0.152. The molecule has 0 saturated carbocycles. The molecule has 2 fully saturated rings. The second-order valence-corrected chi connectivity index (χ2v) is 8.40. The van der Waals surface area contributed by atoms with Crippen LogP contribution in [0.15, 0.2) is 42.1 Å². The zero-order valence-electron chi connectivity index (χ0n) is 14.5. The summed E-state index contributed by atoms with van der Waals surface area (Å²) >= 11 is 1.63. The van der Waals surface area contributed by atoms with Crippen molar-refractivity contribution in [1.29, 1.82) is 0 Å². The van der Waals surface area contributed by atoms with Crippen LogP contribution in [0.3, 0.4) is 0 Å². The Kier molecular flexibility index (Phi) is 4.79. The molecule has 1 aromatic rings. The molecule has 0 aliphatic carbocycles. The van der Waals surface area contributed by atoms with Crippen molar-refractivity contribution < 1.29 is 19.1 Å². The first-order valence-electron chi connectivity index (χ1n) is 8.07. The van der Waals surface area contributed by atoms with Crippen LogP contribution in [-0.4, -0.2) is 46.2 Å². The van der Waals surface area contributed by atoms with Crippen molar-refractivity contribution in [3.05, 3.63) is 47.7 Å². The van der Waals surface area contributed by atoms with Gasteiger partial charge in [-0.3, -0.25) is 0 Å². The first-order valence-corrected chi connectivity index (χ1v) is 8.95. The molecule has 6 nitrogen and oxygen atoms in total. The standard InChI is InChI=1S/C18H22N2O4S/c1-18(2)15(17(22)24-10-11-7-5-4-6-8-11)20-12(9-13(21)23-3)14(19)16(20)25-18/h4-9,14-16H,10,19H2,1-3H3/b12-9-/t14-,15+,16-/m1/s1. The fourth-order valence-electron chi connectivity index (χ4n) is 3.25.